The highest BCUT2D eigenvalue weighted by Crippen LogP contribution is 2.92. The van der Waals surface area contributed by atoms with Crippen molar-refractivity contribution >= 4 is 7.85 Å². The van der Waals surface area contributed by atoms with Crippen molar-refractivity contribution in [1.82, 2.24) is 9.78 Å². The van der Waals surface area contributed by atoms with Gasteiger partial charge in [-0.2, -0.15) is 5.10 Å². The van der Waals surface area contributed by atoms with E-state index in [4.69, 9.17) is 7.85 Å². The van der Waals surface area contributed by atoms with Gasteiger partial charge in [0.1, 0.15) is 0 Å². The van der Waals surface area contributed by atoms with Crippen LogP contribution in [0.15, 0.2) is 24.5 Å². The number of hydrogen-bond donors (Lipinski definition) is 0. The molecular weight excluding hydrogens is 387 g/mol. The summed E-state index contributed by atoms with van der Waals surface area (Å²) < 4.78 is 2.11. The summed E-state index contributed by atoms with van der Waals surface area (Å²) in [6, 6.07) is 0. The summed E-state index contributed by atoms with van der Waals surface area (Å²) in [5.41, 5.74) is 4.57. The molecule has 3 heteroatoms. The van der Waals surface area contributed by atoms with Gasteiger partial charge in [0.2, 0.25) is 0 Å². The predicted molar refractivity (Wildman–Crippen MR) is 135 cm³/mol. The number of rotatable bonds is 5. The fourth-order valence-corrected chi connectivity index (χ4v) is 10.8. The van der Waals surface area contributed by atoms with Crippen LogP contribution in [0, 0.1) is 52.8 Å². The van der Waals surface area contributed by atoms with Gasteiger partial charge in [-0.25, -0.2) is 0 Å². The van der Waals surface area contributed by atoms with Crippen LogP contribution in [0.25, 0.3) is 0 Å². The number of aromatic nitrogens is 2. The van der Waals surface area contributed by atoms with E-state index in [1.807, 2.05) is 6.20 Å². The van der Waals surface area contributed by atoms with Gasteiger partial charge in [-0.05, 0) is 116 Å². The Hall–Kier alpha value is -0.985. The van der Waals surface area contributed by atoms with Gasteiger partial charge < -0.3 is 0 Å². The molecule has 6 rings (SSSR count). The van der Waals surface area contributed by atoms with E-state index in [-0.39, 0.29) is 7.43 Å². The summed E-state index contributed by atoms with van der Waals surface area (Å²) in [5, 5.41) is 4.56. The van der Waals surface area contributed by atoms with Crippen molar-refractivity contribution in [2.45, 2.75) is 105 Å². The van der Waals surface area contributed by atoms with Gasteiger partial charge in [-0.3, -0.25) is 4.68 Å². The standard InChI is InChI=1S/C28H41BN2.CH4/c1-18-15-30-31(16-18)17-19(2)23-5-6-24-26(23,4)10-9-25-27-11-7-21(13-20(3)29)14-22(27)8-12-28(24,25)27;/h15-16,20-25H,2,5-14,17H2,1,3-4H3;1H4. The first-order valence-electron chi connectivity index (χ1n) is 13.2. The van der Waals surface area contributed by atoms with Crippen LogP contribution in [0.4, 0.5) is 0 Å². The van der Waals surface area contributed by atoms with Gasteiger partial charge in [-0.1, -0.05) is 45.7 Å². The lowest BCUT2D eigenvalue weighted by atomic mass is 9.59. The second-order valence-electron chi connectivity index (χ2n) is 12.8. The maximum absolute atomic E-state index is 6.19. The van der Waals surface area contributed by atoms with Gasteiger partial charge in [0.25, 0.3) is 0 Å². The molecular formula is C29H45BN2. The normalized spacial score (nSPS) is 46.9. The first-order chi connectivity index (χ1) is 14.8. The Balaban J connectivity index is 0.00000216. The molecule has 0 bridgehead atoms. The van der Waals surface area contributed by atoms with E-state index < -0.39 is 0 Å². The van der Waals surface area contributed by atoms with E-state index in [0.717, 1.165) is 35.6 Å². The number of allylic oxidation sites excluding steroid dienone is 1. The second kappa shape index (κ2) is 7.51. The zero-order chi connectivity index (χ0) is 21.6. The van der Waals surface area contributed by atoms with Crippen LogP contribution < -0.4 is 0 Å². The van der Waals surface area contributed by atoms with Gasteiger partial charge in [0, 0.05) is 6.20 Å². The minimum atomic E-state index is 0. The highest BCUT2D eigenvalue weighted by Gasteiger charge is 2.85. The average Bonchev–Trinajstić information content (AvgIpc) is 3.09. The summed E-state index contributed by atoms with van der Waals surface area (Å²) in [4.78, 5) is 0. The molecule has 2 spiro atoms. The Kier molecular flexibility index (Phi) is 5.35. The zero-order valence-electron chi connectivity index (χ0n) is 20.1. The summed E-state index contributed by atoms with van der Waals surface area (Å²) in [6.45, 7) is 12.6. The van der Waals surface area contributed by atoms with Gasteiger partial charge in [0.15, 0.2) is 0 Å². The topological polar surface area (TPSA) is 17.8 Å². The molecule has 0 amide bonds. The van der Waals surface area contributed by atoms with Crippen LogP contribution >= 0.6 is 0 Å². The second-order valence-corrected chi connectivity index (χ2v) is 12.8. The molecule has 32 heavy (non-hydrogen) atoms. The molecule has 9 atom stereocenters. The third-order valence-electron chi connectivity index (χ3n) is 11.5. The van der Waals surface area contributed by atoms with Crippen LogP contribution in [0.5, 0.6) is 0 Å². The fourth-order valence-electron chi connectivity index (χ4n) is 10.8. The quantitative estimate of drug-likeness (QED) is 0.350. The molecule has 1 aromatic rings. The van der Waals surface area contributed by atoms with E-state index in [1.165, 1.54) is 75.3 Å². The van der Waals surface area contributed by atoms with E-state index in [2.05, 4.69) is 43.3 Å². The van der Waals surface area contributed by atoms with E-state index in [1.54, 1.807) is 0 Å². The SMILES string of the molecule is C.[B]C(C)CC1CCC23C(CCC24C2CCC(C(=C)Cn5cc(C)cn5)C2(C)CCC34)C1. The largest absolute Gasteiger partial charge is 0.268 e. The van der Waals surface area contributed by atoms with Crippen molar-refractivity contribution in [3.8, 4) is 0 Å². The van der Waals surface area contributed by atoms with Crippen molar-refractivity contribution in [3.05, 3.63) is 30.1 Å². The lowest BCUT2D eigenvalue weighted by molar-refractivity contribution is 0.0416. The molecule has 5 aliphatic rings. The van der Waals surface area contributed by atoms with Crippen molar-refractivity contribution in [2.75, 3.05) is 0 Å². The molecule has 174 valence electrons. The molecule has 5 aliphatic carbocycles. The van der Waals surface area contributed by atoms with E-state index in [0.29, 0.717) is 22.6 Å². The molecule has 5 fully saturated rings. The highest BCUT2D eigenvalue weighted by atomic mass is 15.3. The van der Waals surface area contributed by atoms with Crippen molar-refractivity contribution < 1.29 is 0 Å². The lowest BCUT2D eigenvalue weighted by Gasteiger charge is -2.46. The molecule has 2 nitrogen and oxygen atoms in total. The fraction of sp³-hybridized carbons (Fsp3) is 0.828. The zero-order valence-corrected chi connectivity index (χ0v) is 20.1. The van der Waals surface area contributed by atoms with Gasteiger partial charge >= 0.3 is 0 Å². The molecule has 5 saturated carbocycles. The molecule has 1 heterocycles. The number of nitrogens with zero attached hydrogens (tertiary/aromatic N) is 2. The molecule has 0 saturated heterocycles. The minimum absolute atomic E-state index is 0. The third kappa shape index (κ3) is 2.81. The van der Waals surface area contributed by atoms with E-state index in [9.17, 15) is 0 Å². The summed E-state index contributed by atoms with van der Waals surface area (Å²) >= 11 is 0. The monoisotopic (exact) mass is 432 g/mol. The molecule has 0 aromatic carbocycles. The minimum Gasteiger partial charge on any atom is -0.268 e. The van der Waals surface area contributed by atoms with Crippen molar-refractivity contribution in [1.29, 1.82) is 0 Å². The van der Waals surface area contributed by atoms with Crippen LogP contribution in [0.1, 0.15) is 91.0 Å². The predicted octanol–water partition coefficient (Wildman–Crippen LogP) is 7.39. The Labute approximate surface area is 198 Å². The van der Waals surface area contributed by atoms with Crippen molar-refractivity contribution in [3.63, 3.8) is 0 Å². The molecule has 0 N–H and O–H groups in total. The van der Waals surface area contributed by atoms with Crippen LogP contribution in [-0.4, -0.2) is 17.6 Å². The maximum atomic E-state index is 6.19. The van der Waals surface area contributed by atoms with Crippen LogP contribution in [0.3, 0.4) is 0 Å². The molecule has 9 unspecified atom stereocenters. The Morgan fingerprint density at radius 1 is 1.16 bits per heavy atom. The summed E-state index contributed by atoms with van der Waals surface area (Å²) in [6.07, 6.45) is 18.6. The maximum Gasteiger partial charge on any atom is 0.0695 e. The smallest absolute Gasteiger partial charge is 0.0695 e. The van der Waals surface area contributed by atoms with Gasteiger partial charge in [-0.15, -0.1) is 0 Å². The first-order valence-corrected chi connectivity index (χ1v) is 13.2. The Morgan fingerprint density at radius 3 is 2.66 bits per heavy atom. The lowest BCUT2D eigenvalue weighted by Crippen LogP contribution is -2.39. The summed E-state index contributed by atoms with van der Waals surface area (Å²) in [7, 11) is 6.19. The molecule has 2 radical (unpaired) electrons. The van der Waals surface area contributed by atoms with Gasteiger partial charge in [0.05, 0.1) is 20.6 Å². The number of hydrogen-bond acceptors (Lipinski definition) is 1. The molecule has 0 aliphatic heterocycles. The highest BCUT2D eigenvalue weighted by molar-refractivity contribution is 6.11. The van der Waals surface area contributed by atoms with Crippen LogP contribution in [-0.2, 0) is 6.54 Å². The first kappa shape index (κ1) is 22.8. The summed E-state index contributed by atoms with van der Waals surface area (Å²) in [5.74, 6) is 4.95. The van der Waals surface area contributed by atoms with Crippen LogP contribution in [0.2, 0.25) is 5.82 Å². The average molecular weight is 433 g/mol. The van der Waals surface area contributed by atoms with E-state index >= 15 is 0 Å². The Morgan fingerprint density at radius 2 is 1.94 bits per heavy atom. The Bertz CT molecular complexity index is 887. The van der Waals surface area contributed by atoms with Crippen molar-refractivity contribution in [2.24, 2.45) is 45.8 Å². The third-order valence-corrected chi connectivity index (χ3v) is 11.5. The number of aryl methyl sites for hydroxylation is 1. The molecule has 1 aromatic heterocycles. The number of fused-ring (bicyclic) bond motifs is 1.